The van der Waals surface area contributed by atoms with E-state index >= 15 is 0 Å². The summed E-state index contributed by atoms with van der Waals surface area (Å²) in [6.07, 6.45) is -1.35. The molecule has 0 aliphatic heterocycles. The Balaban J connectivity index is 2.07. The summed E-state index contributed by atoms with van der Waals surface area (Å²) in [5, 5.41) is 19.8. The predicted octanol–water partition coefficient (Wildman–Crippen LogP) is 5.47. The van der Waals surface area contributed by atoms with E-state index in [1.54, 1.807) is 29.8 Å². The largest absolute Gasteiger partial charge is 0.512 e. The van der Waals surface area contributed by atoms with Crippen LogP contribution in [0.15, 0.2) is 30.3 Å². The third-order valence-electron chi connectivity index (χ3n) is 4.72. The van der Waals surface area contributed by atoms with Crippen molar-refractivity contribution >= 4 is 17.1 Å². The van der Waals surface area contributed by atoms with E-state index in [-0.39, 0.29) is 17.5 Å². The van der Waals surface area contributed by atoms with Gasteiger partial charge in [0.1, 0.15) is 17.2 Å². The highest BCUT2D eigenvalue weighted by Crippen LogP contribution is 2.38. The Labute approximate surface area is 157 Å². The van der Waals surface area contributed by atoms with Crippen LogP contribution in [0.25, 0.3) is 10.9 Å². The summed E-state index contributed by atoms with van der Waals surface area (Å²) in [6, 6.07) is 8.84. The molecule has 3 rings (SSSR count). The fourth-order valence-corrected chi connectivity index (χ4v) is 3.28. The first-order valence-corrected chi connectivity index (χ1v) is 8.70. The third kappa shape index (κ3) is 3.43. The highest BCUT2D eigenvalue weighted by atomic mass is 16.7. The molecule has 0 spiro atoms. The van der Waals surface area contributed by atoms with Crippen LogP contribution in [0.2, 0.25) is 0 Å². The van der Waals surface area contributed by atoms with Gasteiger partial charge in [0.15, 0.2) is 0 Å². The lowest BCUT2D eigenvalue weighted by Gasteiger charge is -2.15. The van der Waals surface area contributed by atoms with Crippen LogP contribution in [0, 0.1) is 13.8 Å². The van der Waals surface area contributed by atoms with Crippen molar-refractivity contribution in [2.75, 3.05) is 0 Å². The Morgan fingerprint density at radius 1 is 1.15 bits per heavy atom. The SMILES string of the molecule is Cc1cc2c(cc(OC(=O)O)n2C)c(C)c1Oc1ccc(O)c(C(C)C)c1. The van der Waals surface area contributed by atoms with Gasteiger partial charge in [-0.2, -0.15) is 0 Å². The minimum absolute atomic E-state index is 0.170. The Hall–Kier alpha value is -3.15. The second kappa shape index (κ2) is 6.87. The van der Waals surface area contributed by atoms with Crippen LogP contribution in [0.3, 0.4) is 0 Å². The third-order valence-corrected chi connectivity index (χ3v) is 4.72. The van der Waals surface area contributed by atoms with Crippen molar-refractivity contribution in [1.82, 2.24) is 4.57 Å². The van der Waals surface area contributed by atoms with Crippen LogP contribution < -0.4 is 9.47 Å². The molecular formula is C21H23NO5. The van der Waals surface area contributed by atoms with Crippen LogP contribution in [-0.2, 0) is 7.05 Å². The first kappa shape index (κ1) is 18.6. The summed E-state index contributed by atoms with van der Waals surface area (Å²) in [5.74, 6) is 2.02. The quantitative estimate of drug-likeness (QED) is 0.596. The maximum absolute atomic E-state index is 10.9. The topological polar surface area (TPSA) is 80.9 Å². The van der Waals surface area contributed by atoms with Crippen molar-refractivity contribution in [2.45, 2.75) is 33.6 Å². The number of phenols is 1. The van der Waals surface area contributed by atoms with Gasteiger partial charge >= 0.3 is 6.16 Å². The van der Waals surface area contributed by atoms with E-state index < -0.39 is 6.16 Å². The zero-order valence-electron chi connectivity index (χ0n) is 16.0. The summed E-state index contributed by atoms with van der Waals surface area (Å²) >= 11 is 0. The van der Waals surface area contributed by atoms with Gasteiger partial charge in [-0.05, 0) is 49.6 Å². The van der Waals surface area contributed by atoms with Crippen molar-refractivity contribution in [3.05, 3.63) is 47.0 Å². The van der Waals surface area contributed by atoms with Gasteiger partial charge in [0, 0.05) is 29.6 Å². The van der Waals surface area contributed by atoms with Gasteiger partial charge in [-0.25, -0.2) is 4.79 Å². The number of nitrogens with zero attached hydrogens (tertiary/aromatic N) is 1. The van der Waals surface area contributed by atoms with E-state index in [9.17, 15) is 9.90 Å². The molecule has 3 aromatic rings. The molecule has 1 aromatic heterocycles. The van der Waals surface area contributed by atoms with Gasteiger partial charge < -0.3 is 24.3 Å². The van der Waals surface area contributed by atoms with Gasteiger partial charge in [-0.1, -0.05) is 13.8 Å². The molecule has 0 radical (unpaired) electrons. The van der Waals surface area contributed by atoms with Crippen LogP contribution >= 0.6 is 0 Å². The lowest BCUT2D eigenvalue weighted by Crippen LogP contribution is -2.06. The van der Waals surface area contributed by atoms with Crippen molar-refractivity contribution in [2.24, 2.45) is 7.05 Å². The number of ether oxygens (including phenoxy) is 2. The minimum Gasteiger partial charge on any atom is -0.508 e. The molecule has 6 nitrogen and oxygen atoms in total. The van der Waals surface area contributed by atoms with Gasteiger partial charge in [0.05, 0.1) is 5.52 Å². The van der Waals surface area contributed by atoms with Gasteiger partial charge in [-0.3, -0.25) is 0 Å². The molecule has 142 valence electrons. The average Bonchev–Trinajstić information content (AvgIpc) is 2.88. The summed E-state index contributed by atoms with van der Waals surface area (Å²) in [7, 11) is 1.76. The second-order valence-corrected chi connectivity index (χ2v) is 6.97. The summed E-state index contributed by atoms with van der Waals surface area (Å²) in [5.41, 5.74) is 3.49. The monoisotopic (exact) mass is 369 g/mol. The molecule has 0 unspecified atom stereocenters. The molecule has 0 saturated heterocycles. The van der Waals surface area contributed by atoms with E-state index in [0.717, 1.165) is 27.6 Å². The summed E-state index contributed by atoms with van der Waals surface area (Å²) in [6.45, 7) is 7.89. The number of aromatic hydroxyl groups is 1. The molecule has 0 atom stereocenters. The zero-order valence-corrected chi connectivity index (χ0v) is 16.0. The Kier molecular flexibility index (Phi) is 4.74. The van der Waals surface area contributed by atoms with Crippen LogP contribution in [0.4, 0.5) is 4.79 Å². The molecule has 2 N–H and O–H groups in total. The minimum atomic E-state index is -1.35. The van der Waals surface area contributed by atoms with Crippen LogP contribution in [-0.4, -0.2) is 20.9 Å². The summed E-state index contributed by atoms with van der Waals surface area (Å²) in [4.78, 5) is 10.9. The fraction of sp³-hybridized carbons (Fsp3) is 0.286. The van der Waals surface area contributed by atoms with E-state index in [1.165, 1.54) is 0 Å². The smallest absolute Gasteiger partial charge is 0.508 e. The Morgan fingerprint density at radius 3 is 2.48 bits per heavy atom. The zero-order chi connectivity index (χ0) is 19.9. The maximum atomic E-state index is 10.9. The molecule has 0 aliphatic carbocycles. The van der Waals surface area contributed by atoms with Crippen molar-refractivity contribution in [1.29, 1.82) is 0 Å². The normalized spacial score (nSPS) is 11.2. The van der Waals surface area contributed by atoms with Crippen molar-refractivity contribution < 1.29 is 24.5 Å². The first-order chi connectivity index (χ1) is 12.7. The fourth-order valence-electron chi connectivity index (χ4n) is 3.28. The number of benzene rings is 2. The predicted molar refractivity (Wildman–Crippen MR) is 103 cm³/mol. The lowest BCUT2D eigenvalue weighted by molar-refractivity contribution is 0.141. The second-order valence-electron chi connectivity index (χ2n) is 6.97. The lowest BCUT2D eigenvalue weighted by atomic mass is 10.0. The maximum Gasteiger partial charge on any atom is 0.512 e. The highest BCUT2D eigenvalue weighted by Gasteiger charge is 2.17. The van der Waals surface area contributed by atoms with Crippen LogP contribution in [0.5, 0.6) is 23.1 Å². The number of phenolic OH excluding ortho intramolecular Hbond substituents is 1. The van der Waals surface area contributed by atoms with E-state index in [2.05, 4.69) is 0 Å². The molecule has 2 aromatic carbocycles. The van der Waals surface area contributed by atoms with Crippen LogP contribution in [0.1, 0.15) is 36.5 Å². The van der Waals surface area contributed by atoms with Gasteiger partial charge in [0.2, 0.25) is 5.88 Å². The molecule has 0 amide bonds. The molecule has 6 heteroatoms. The van der Waals surface area contributed by atoms with Crippen molar-refractivity contribution in [3.63, 3.8) is 0 Å². The number of aryl methyl sites for hydroxylation is 3. The molecule has 0 aliphatic rings. The molecule has 0 fully saturated rings. The van der Waals surface area contributed by atoms with E-state index in [4.69, 9.17) is 14.6 Å². The molecule has 1 heterocycles. The highest BCUT2D eigenvalue weighted by molar-refractivity contribution is 5.89. The standard InChI is InChI=1S/C21H23NO5/c1-11(2)15-9-14(6-7-18(15)23)26-20-12(3)8-17-16(13(20)4)10-19(22(17)5)27-21(24)25/h6-11,23H,1-5H3,(H,24,25). The Bertz CT molecular complexity index is 1030. The molecule has 0 bridgehead atoms. The average molecular weight is 369 g/mol. The number of carboxylic acid groups (broad SMARTS) is 1. The van der Waals surface area contributed by atoms with Gasteiger partial charge in [-0.15, -0.1) is 0 Å². The number of hydrogen-bond donors (Lipinski definition) is 2. The summed E-state index contributed by atoms with van der Waals surface area (Å²) < 4.78 is 12.7. The Morgan fingerprint density at radius 2 is 1.85 bits per heavy atom. The number of hydrogen-bond acceptors (Lipinski definition) is 4. The number of rotatable bonds is 4. The first-order valence-electron chi connectivity index (χ1n) is 8.70. The molecule has 0 saturated carbocycles. The number of aromatic nitrogens is 1. The van der Waals surface area contributed by atoms with E-state index in [1.807, 2.05) is 39.8 Å². The molecule has 27 heavy (non-hydrogen) atoms. The number of fused-ring (bicyclic) bond motifs is 1. The molecular weight excluding hydrogens is 346 g/mol. The number of carbonyl (C=O) groups is 1. The van der Waals surface area contributed by atoms with Gasteiger partial charge in [0.25, 0.3) is 0 Å². The van der Waals surface area contributed by atoms with Crippen molar-refractivity contribution in [3.8, 4) is 23.1 Å². The van der Waals surface area contributed by atoms with E-state index in [0.29, 0.717) is 11.5 Å².